The van der Waals surface area contributed by atoms with E-state index in [2.05, 4.69) is 9.57 Å². The van der Waals surface area contributed by atoms with Crippen LogP contribution in [0.5, 0.6) is 0 Å². The maximum Gasteiger partial charge on any atom is 0.348 e. The summed E-state index contributed by atoms with van der Waals surface area (Å²) >= 11 is 1.36. The third-order valence-corrected chi connectivity index (χ3v) is 2.54. The van der Waals surface area contributed by atoms with E-state index < -0.39 is 0 Å². The Hall–Kier alpha value is -0.910. The number of thiophene rings is 1. The Kier molecular flexibility index (Phi) is 3.88. The predicted octanol–water partition coefficient (Wildman–Crippen LogP) is 0.968. The van der Waals surface area contributed by atoms with Crippen molar-refractivity contribution in [1.82, 2.24) is 0 Å². The zero-order chi connectivity index (χ0) is 9.68. The maximum atomic E-state index is 11.2. The average molecular weight is 201 g/mol. The molecule has 1 rings (SSSR count). The standard InChI is InChI=1S/C8H11NO3S/c1-11-8(10)7-6(2-4-12-9)3-5-13-7/h3,5H,2,4,9H2,1H3. The van der Waals surface area contributed by atoms with E-state index in [0.717, 1.165) is 5.56 Å². The summed E-state index contributed by atoms with van der Waals surface area (Å²) in [5, 5.41) is 1.85. The first-order chi connectivity index (χ1) is 6.29. The summed E-state index contributed by atoms with van der Waals surface area (Å²) in [5.74, 6) is 4.59. The van der Waals surface area contributed by atoms with E-state index >= 15 is 0 Å². The maximum absolute atomic E-state index is 11.2. The third kappa shape index (κ3) is 2.51. The molecule has 0 aliphatic rings. The van der Waals surface area contributed by atoms with Gasteiger partial charge in [0, 0.05) is 0 Å². The van der Waals surface area contributed by atoms with Gasteiger partial charge in [-0.25, -0.2) is 10.7 Å². The van der Waals surface area contributed by atoms with Crippen LogP contribution in [0.25, 0.3) is 0 Å². The number of hydrogen-bond acceptors (Lipinski definition) is 5. The Bertz CT molecular complexity index is 285. The van der Waals surface area contributed by atoms with Gasteiger partial charge in [0.2, 0.25) is 0 Å². The fourth-order valence-corrected chi connectivity index (χ4v) is 1.84. The van der Waals surface area contributed by atoms with Gasteiger partial charge >= 0.3 is 5.97 Å². The molecule has 0 fully saturated rings. The summed E-state index contributed by atoms with van der Waals surface area (Å²) in [6.45, 7) is 0.403. The van der Waals surface area contributed by atoms with Crippen molar-refractivity contribution in [3.05, 3.63) is 21.9 Å². The summed E-state index contributed by atoms with van der Waals surface area (Å²) in [6.07, 6.45) is 0.629. The lowest BCUT2D eigenvalue weighted by molar-refractivity contribution is 0.0604. The van der Waals surface area contributed by atoms with E-state index in [0.29, 0.717) is 17.9 Å². The lowest BCUT2D eigenvalue weighted by Gasteiger charge is -2.00. The number of carbonyl (C=O) groups is 1. The summed E-state index contributed by atoms with van der Waals surface area (Å²) < 4.78 is 4.61. The first kappa shape index (κ1) is 10.2. The molecule has 0 aliphatic carbocycles. The van der Waals surface area contributed by atoms with Crippen molar-refractivity contribution in [2.45, 2.75) is 6.42 Å². The minimum absolute atomic E-state index is 0.304. The van der Waals surface area contributed by atoms with Gasteiger partial charge in [0.1, 0.15) is 4.88 Å². The SMILES string of the molecule is COC(=O)c1sccc1CCON. The molecule has 0 unspecified atom stereocenters. The van der Waals surface area contributed by atoms with E-state index in [1.165, 1.54) is 18.4 Å². The predicted molar refractivity (Wildman–Crippen MR) is 49.5 cm³/mol. The van der Waals surface area contributed by atoms with Crippen molar-refractivity contribution in [1.29, 1.82) is 0 Å². The summed E-state index contributed by atoms with van der Waals surface area (Å²) in [6, 6.07) is 1.87. The van der Waals surface area contributed by atoms with Crippen molar-refractivity contribution in [2.24, 2.45) is 5.90 Å². The Morgan fingerprint density at radius 2 is 2.46 bits per heavy atom. The molecule has 0 aromatic carbocycles. The largest absolute Gasteiger partial charge is 0.465 e. The van der Waals surface area contributed by atoms with Crippen LogP contribution in [0.4, 0.5) is 0 Å². The van der Waals surface area contributed by atoms with E-state index in [1.54, 1.807) is 0 Å². The van der Waals surface area contributed by atoms with Crippen LogP contribution in [0, 0.1) is 0 Å². The fourth-order valence-electron chi connectivity index (χ4n) is 0.973. The van der Waals surface area contributed by atoms with Crippen LogP contribution in [0.1, 0.15) is 15.2 Å². The molecule has 0 saturated heterocycles. The second kappa shape index (κ2) is 4.96. The Balaban J connectivity index is 2.71. The zero-order valence-electron chi connectivity index (χ0n) is 7.28. The fraction of sp³-hybridized carbons (Fsp3) is 0.375. The summed E-state index contributed by atoms with van der Waals surface area (Å²) in [7, 11) is 1.37. The van der Waals surface area contributed by atoms with Crippen molar-refractivity contribution < 1.29 is 14.4 Å². The van der Waals surface area contributed by atoms with Gasteiger partial charge in [-0.1, -0.05) is 0 Å². The second-order valence-electron chi connectivity index (χ2n) is 2.39. The average Bonchev–Trinajstić information content (AvgIpc) is 2.61. The monoisotopic (exact) mass is 201 g/mol. The van der Waals surface area contributed by atoms with Crippen LogP contribution in [0.2, 0.25) is 0 Å². The molecule has 1 aromatic rings. The van der Waals surface area contributed by atoms with Gasteiger partial charge in [-0.3, -0.25) is 0 Å². The second-order valence-corrected chi connectivity index (χ2v) is 3.30. The first-order valence-corrected chi connectivity index (χ1v) is 4.64. The molecule has 1 heterocycles. The molecule has 0 spiro atoms. The van der Waals surface area contributed by atoms with Crippen molar-refractivity contribution in [3.8, 4) is 0 Å². The van der Waals surface area contributed by atoms with Crippen LogP contribution in [0.15, 0.2) is 11.4 Å². The number of nitrogens with two attached hydrogens (primary N) is 1. The summed E-state index contributed by atoms with van der Waals surface area (Å²) in [4.78, 5) is 16.2. The van der Waals surface area contributed by atoms with Crippen molar-refractivity contribution in [2.75, 3.05) is 13.7 Å². The number of ether oxygens (including phenoxy) is 1. The van der Waals surface area contributed by atoms with Gasteiger partial charge in [-0.2, -0.15) is 0 Å². The van der Waals surface area contributed by atoms with E-state index in [4.69, 9.17) is 5.90 Å². The molecule has 4 nitrogen and oxygen atoms in total. The quantitative estimate of drug-likeness (QED) is 0.582. The van der Waals surface area contributed by atoms with Gasteiger partial charge in [-0.15, -0.1) is 11.3 Å². The number of methoxy groups -OCH3 is 1. The lowest BCUT2D eigenvalue weighted by Crippen LogP contribution is -2.07. The lowest BCUT2D eigenvalue weighted by atomic mass is 10.2. The van der Waals surface area contributed by atoms with Gasteiger partial charge in [0.15, 0.2) is 0 Å². The molecule has 0 bridgehead atoms. The highest BCUT2D eigenvalue weighted by Crippen LogP contribution is 2.18. The molecule has 0 amide bonds. The van der Waals surface area contributed by atoms with E-state index in [-0.39, 0.29) is 5.97 Å². The normalized spacial score (nSPS) is 10.0. The number of hydrogen-bond donors (Lipinski definition) is 1. The summed E-state index contributed by atoms with van der Waals surface area (Å²) in [5.41, 5.74) is 0.919. The van der Waals surface area contributed by atoms with Crippen LogP contribution in [-0.4, -0.2) is 19.7 Å². The Labute approximate surface area is 80.2 Å². The number of esters is 1. The minimum atomic E-state index is -0.304. The van der Waals surface area contributed by atoms with Gasteiger partial charge in [0.05, 0.1) is 13.7 Å². The van der Waals surface area contributed by atoms with Crippen LogP contribution in [0.3, 0.4) is 0 Å². The molecule has 0 saturated carbocycles. The molecule has 0 radical (unpaired) electrons. The minimum Gasteiger partial charge on any atom is -0.465 e. The highest BCUT2D eigenvalue weighted by Gasteiger charge is 2.12. The van der Waals surface area contributed by atoms with Crippen LogP contribution < -0.4 is 5.90 Å². The van der Waals surface area contributed by atoms with Gasteiger partial charge in [-0.05, 0) is 23.4 Å². The smallest absolute Gasteiger partial charge is 0.348 e. The number of carbonyl (C=O) groups excluding carboxylic acids is 1. The molecule has 0 aliphatic heterocycles. The Morgan fingerprint density at radius 3 is 3.08 bits per heavy atom. The molecule has 5 heteroatoms. The molecule has 1 aromatic heterocycles. The van der Waals surface area contributed by atoms with E-state index in [9.17, 15) is 4.79 Å². The first-order valence-electron chi connectivity index (χ1n) is 3.76. The molecule has 13 heavy (non-hydrogen) atoms. The van der Waals surface area contributed by atoms with Crippen molar-refractivity contribution >= 4 is 17.3 Å². The zero-order valence-corrected chi connectivity index (χ0v) is 8.10. The highest BCUT2D eigenvalue weighted by atomic mass is 32.1. The molecular weight excluding hydrogens is 190 g/mol. The van der Waals surface area contributed by atoms with Crippen LogP contribution in [-0.2, 0) is 16.0 Å². The van der Waals surface area contributed by atoms with Gasteiger partial charge < -0.3 is 9.57 Å². The van der Waals surface area contributed by atoms with E-state index in [1.807, 2.05) is 11.4 Å². The molecule has 0 atom stereocenters. The third-order valence-electron chi connectivity index (χ3n) is 1.61. The Morgan fingerprint density at radius 1 is 1.69 bits per heavy atom. The topological polar surface area (TPSA) is 61.5 Å². The highest BCUT2D eigenvalue weighted by molar-refractivity contribution is 7.12. The van der Waals surface area contributed by atoms with Crippen LogP contribution >= 0.6 is 11.3 Å². The molecule has 2 N–H and O–H groups in total. The number of rotatable bonds is 4. The molecule has 72 valence electrons. The molecular formula is C8H11NO3S. The van der Waals surface area contributed by atoms with Crippen molar-refractivity contribution in [3.63, 3.8) is 0 Å². The van der Waals surface area contributed by atoms with Gasteiger partial charge in [0.25, 0.3) is 0 Å².